The molecule has 0 radical (unpaired) electrons. The normalized spacial score (nSPS) is 28.0. The van der Waals surface area contributed by atoms with E-state index in [0.29, 0.717) is 18.0 Å². The molecule has 15 heavy (non-hydrogen) atoms. The Morgan fingerprint density at radius 3 is 2.73 bits per heavy atom. The molecule has 1 aliphatic rings. The summed E-state index contributed by atoms with van der Waals surface area (Å²) in [4.78, 5) is 0. The monoisotopic (exact) mass is 233 g/mol. The minimum Gasteiger partial charge on any atom is -0.381 e. The molecule has 0 aromatic carbocycles. The van der Waals surface area contributed by atoms with E-state index in [4.69, 9.17) is 16.3 Å². The van der Waals surface area contributed by atoms with Crippen LogP contribution in [0.4, 0.5) is 0 Å². The zero-order valence-corrected chi connectivity index (χ0v) is 10.9. The SMILES string of the molecule is COC1CCCC(NCC(C)(C)CCl)C1. The first-order chi connectivity index (χ1) is 7.07. The van der Waals surface area contributed by atoms with Crippen molar-refractivity contribution in [3.05, 3.63) is 0 Å². The lowest BCUT2D eigenvalue weighted by Gasteiger charge is -2.32. The first-order valence-corrected chi connectivity index (χ1v) is 6.43. The summed E-state index contributed by atoms with van der Waals surface area (Å²) in [6, 6.07) is 0.617. The van der Waals surface area contributed by atoms with Crippen LogP contribution in [-0.4, -0.2) is 31.7 Å². The van der Waals surface area contributed by atoms with Crippen LogP contribution in [0.2, 0.25) is 0 Å². The average molecular weight is 234 g/mol. The standard InChI is InChI=1S/C12H24ClNO/c1-12(2,8-13)9-14-10-5-4-6-11(7-10)15-3/h10-11,14H,4-9H2,1-3H3. The number of halogens is 1. The third-order valence-electron chi connectivity index (χ3n) is 3.19. The second-order valence-electron chi connectivity index (χ2n) is 5.40. The topological polar surface area (TPSA) is 21.3 Å². The first kappa shape index (κ1) is 13.3. The van der Waals surface area contributed by atoms with Crippen molar-refractivity contribution in [3.63, 3.8) is 0 Å². The highest BCUT2D eigenvalue weighted by Crippen LogP contribution is 2.22. The Hall–Kier alpha value is 0.210. The number of ether oxygens (including phenoxy) is 1. The zero-order valence-electron chi connectivity index (χ0n) is 10.2. The van der Waals surface area contributed by atoms with Gasteiger partial charge in [-0.05, 0) is 31.1 Å². The average Bonchev–Trinajstić information content (AvgIpc) is 2.27. The van der Waals surface area contributed by atoms with Crippen molar-refractivity contribution in [2.75, 3.05) is 19.5 Å². The van der Waals surface area contributed by atoms with Crippen LogP contribution < -0.4 is 5.32 Å². The Kier molecular flexibility index (Phi) is 5.37. The Morgan fingerprint density at radius 1 is 1.40 bits per heavy atom. The van der Waals surface area contributed by atoms with Crippen molar-refractivity contribution in [2.24, 2.45) is 5.41 Å². The minimum absolute atomic E-state index is 0.196. The summed E-state index contributed by atoms with van der Waals surface area (Å²) >= 11 is 5.90. The quantitative estimate of drug-likeness (QED) is 0.738. The van der Waals surface area contributed by atoms with Gasteiger partial charge in [0.2, 0.25) is 0 Å². The molecular formula is C12H24ClNO. The molecule has 2 atom stereocenters. The molecule has 1 N–H and O–H groups in total. The van der Waals surface area contributed by atoms with Crippen LogP contribution in [-0.2, 0) is 4.74 Å². The summed E-state index contributed by atoms with van der Waals surface area (Å²) < 4.78 is 5.41. The van der Waals surface area contributed by atoms with Crippen molar-refractivity contribution < 1.29 is 4.74 Å². The number of hydrogen-bond donors (Lipinski definition) is 1. The Balaban J connectivity index is 2.26. The van der Waals surface area contributed by atoms with E-state index < -0.39 is 0 Å². The van der Waals surface area contributed by atoms with Crippen molar-refractivity contribution >= 4 is 11.6 Å². The van der Waals surface area contributed by atoms with Gasteiger partial charge in [-0.1, -0.05) is 13.8 Å². The molecule has 1 rings (SSSR count). The van der Waals surface area contributed by atoms with Crippen LogP contribution in [0.3, 0.4) is 0 Å². The lowest BCUT2D eigenvalue weighted by molar-refractivity contribution is 0.0575. The summed E-state index contributed by atoms with van der Waals surface area (Å²) in [5.74, 6) is 0.709. The van der Waals surface area contributed by atoms with Crippen molar-refractivity contribution in [3.8, 4) is 0 Å². The van der Waals surface area contributed by atoms with Crippen LogP contribution in [0, 0.1) is 5.41 Å². The lowest BCUT2D eigenvalue weighted by Crippen LogP contribution is -2.41. The van der Waals surface area contributed by atoms with Gasteiger partial charge in [0.25, 0.3) is 0 Å². The number of nitrogens with one attached hydrogen (secondary N) is 1. The van der Waals surface area contributed by atoms with Crippen molar-refractivity contribution in [1.82, 2.24) is 5.32 Å². The van der Waals surface area contributed by atoms with E-state index in [0.717, 1.165) is 13.0 Å². The van der Waals surface area contributed by atoms with Gasteiger partial charge < -0.3 is 10.1 Å². The van der Waals surface area contributed by atoms with Gasteiger partial charge in [-0.15, -0.1) is 11.6 Å². The van der Waals surface area contributed by atoms with Gasteiger partial charge >= 0.3 is 0 Å². The molecule has 0 bridgehead atoms. The third-order valence-corrected chi connectivity index (χ3v) is 3.91. The molecule has 0 aromatic heterocycles. The van der Waals surface area contributed by atoms with E-state index in [-0.39, 0.29) is 5.41 Å². The molecule has 0 aliphatic heterocycles. The predicted octanol–water partition coefficient (Wildman–Crippen LogP) is 2.80. The number of methoxy groups -OCH3 is 1. The van der Waals surface area contributed by atoms with Gasteiger partial charge in [-0.3, -0.25) is 0 Å². The Labute approximate surface area is 98.7 Å². The van der Waals surface area contributed by atoms with Gasteiger partial charge in [-0.2, -0.15) is 0 Å². The maximum atomic E-state index is 5.90. The van der Waals surface area contributed by atoms with E-state index in [9.17, 15) is 0 Å². The maximum Gasteiger partial charge on any atom is 0.0586 e. The van der Waals surface area contributed by atoms with E-state index in [1.165, 1.54) is 19.3 Å². The molecule has 0 heterocycles. The summed E-state index contributed by atoms with van der Waals surface area (Å²) in [6.45, 7) is 5.39. The molecule has 3 heteroatoms. The van der Waals surface area contributed by atoms with Crippen molar-refractivity contribution in [1.29, 1.82) is 0 Å². The minimum atomic E-state index is 0.196. The molecular weight excluding hydrogens is 210 g/mol. The van der Waals surface area contributed by atoms with E-state index >= 15 is 0 Å². The van der Waals surface area contributed by atoms with E-state index in [1.54, 1.807) is 0 Å². The number of alkyl halides is 1. The van der Waals surface area contributed by atoms with Crippen LogP contribution in [0.5, 0.6) is 0 Å². The van der Waals surface area contributed by atoms with Gasteiger partial charge in [0.05, 0.1) is 6.10 Å². The van der Waals surface area contributed by atoms with Crippen LogP contribution in [0.1, 0.15) is 39.5 Å². The zero-order chi connectivity index (χ0) is 11.3. The van der Waals surface area contributed by atoms with Crippen LogP contribution in [0.25, 0.3) is 0 Å². The number of hydrogen-bond acceptors (Lipinski definition) is 2. The largest absolute Gasteiger partial charge is 0.381 e. The summed E-state index contributed by atoms with van der Waals surface area (Å²) in [5, 5.41) is 3.61. The smallest absolute Gasteiger partial charge is 0.0586 e. The predicted molar refractivity (Wildman–Crippen MR) is 65.6 cm³/mol. The number of rotatable bonds is 5. The molecule has 2 unspecified atom stereocenters. The van der Waals surface area contributed by atoms with E-state index in [1.807, 2.05) is 7.11 Å². The molecule has 1 aliphatic carbocycles. The second kappa shape index (κ2) is 6.07. The Bertz CT molecular complexity index is 184. The summed E-state index contributed by atoms with van der Waals surface area (Å²) in [5.41, 5.74) is 0.196. The molecule has 0 saturated heterocycles. The third kappa shape index (κ3) is 4.71. The van der Waals surface area contributed by atoms with Crippen molar-refractivity contribution in [2.45, 2.75) is 51.7 Å². The second-order valence-corrected chi connectivity index (χ2v) is 5.67. The van der Waals surface area contributed by atoms with Crippen LogP contribution >= 0.6 is 11.6 Å². The molecule has 90 valence electrons. The molecule has 1 fully saturated rings. The highest BCUT2D eigenvalue weighted by atomic mass is 35.5. The fraction of sp³-hybridized carbons (Fsp3) is 1.00. The highest BCUT2D eigenvalue weighted by molar-refractivity contribution is 6.18. The fourth-order valence-electron chi connectivity index (χ4n) is 2.01. The molecule has 0 amide bonds. The first-order valence-electron chi connectivity index (χ1n) is 5.89. The van der Waals surface area contributed by atoms with Gasteiger partial charge in [0.1, 0.15) is 0 Å². The highest BCUT2D eigenvalue weighted by Gasteiger charge is 2.23. The molecule has 1 saturated carbocycles. The van der Waals surface area contributed by atoms with E-state index in [2.05, 4.69) is 19.2 Å². The summed E-state index contributed by atoms with van der Waals surface area (Å²) in [7, 11) is 1.82. The molecule has 2 nitrogen and oxygen atoms in total. The molecule has 0 spiro atoms. The lowest BCUT2D eigenvalue weighted by atomic mass is 9.90. The summed E-state index contributed by atoms with van der Waals surface area (Å²) in [6.07, 6.45) is 5.37. The maximum absolute atomic E-state index is 5.90. The fourth-order valence-corrected chi connectivity index (χ4v) is 2.11. The van der Waals surface area contributed by atoms with Gasteiger partial charge in [0.15, 0.2) is 0 Å². The van der Waals surface area contributed by atoms with Crippen LogP contribution in [0.15, 0.2) is 0 Å². The Morgan fingerprint density at radius 2 is 2.13 bits per heavy atom. The van der Waals surface area contributed by atoms with Gasteiger partial charge in [-0.25, -0.2) is 0 Å². The van der Waals surface area contributed by atoms with Gasteiger partial charge in [0, 0.05) is 25.6 Å². The molecule has 0 aromatic rings.